The maximum atomic E-state index is 10.7. The van der Waals surface area contributed by atoms with Crippen molar-refractivity contribution in [1.82, 2.24) is 4.90 Å². The average Bonchev–Trinajstić information content (AvgIpc) is 2.78. The van der Waals surface area contributed by atoms with Crippen LogP contribution in [0.15, 0.2) is 48.5 Å². The first-order valence-electron chi connectivity index (χ1n) is 11.9. The molecule has 2 aromatic carbocycles. The van der Waals surface area contributed by atoms with Gasteiger partial charge in [-0.15, -0.1) is 0 Å². The molecule has 0 heterocycles. The van der Waals surface area contributed by atoms with E-state index in [4.69, 9.17) is 0 Å². The largest absolute Gasteiger partial charge is 0.508 e. The van der Waals surface area contributed by atoms with E-state index in [9.17, 15) is 15.3 Å². The highest BCUT2D eigenvalue weighted by atomic mass is 16.3. The Hall–Kier alpha value is -1.88. The molecule has 2 unspecified atom stereocenters. The Balaban J connectivity index is 1.97. The van der Waals surface area contributed by atoms with Crippen LogP contribution in [0.4, 0.5) is 0 Å². The summed E-state index contributed by atoms with van der Waals surface area (Å²) in [7, 11) is 2.14. The van der Waals surface area contributed by atoms with Crippen LogP contribution in [0.3, 0.4) is 0 Å². The first-order valence-corrected chi connectivity index (χ1v) is 11.9. The number of phenols is 1. The third-order valence-electron chi connectivity index (χ3n) is 6.16. The number of aromatic hydroxyl groups is 1. The molecule has 2 atom stereocenters. The van der Waals surface area contributed by atoms with E-state index in [2.05, 4.69) is 43.1 Å². The predicted molar refractivity (Wildman–Crippen MR) is 128 cm³/mol. The quantitative estimate of drug-likeness (QED) is 0.332. The minimum absolute atomic E-state index is 0.141. The number of aliphatic hydroxyl groups is 2. The first-order chi connectivity index (χ1) is 15.0. The number of benzene rings is 2. The summed E-state index contributed by atoms with van der Waals surface area (Å²) in [5.41, 5.74) is 2.95. The summed E-state index contributed by atoms with van der Waals surface area (Å²) in [4.78, 5) is 2.35. The van der Waals surface area contributed by atoms with Crippen molar-refractivity contribution in [2.24, 2.45) is 0 Å². The van der Waals surface area contributed by atoms with E-state index in [1.807, 2.05) is 18.2 Å². The topological polar surface area (TPSA) is 63.9 Å². The molecule has 0 aromatic heterocycles. The average molecular weight is 428 g/mol. The lowest BCUT2D eigenvalue weighted by atomic mass is 9.95. The van der Waals surface area contributed by atoms with Crippen molar-refractivity contribution in [1.29, 1.82) is 0 Å². The van der Waals surface area contributed by atoms with Crippen LogP contribution in [0, 0.1) is 0 Å². The number of hydrogen-bond acceptors (Lipinski definition) is 4. The Morgan fingerprint density at radius 1 is 0.903 bits per heavy atom. The molecule has 0 amide bonds. The summed E-state index contributed by atoms with van der Waals surface area (Å²) in [6.07, 6.45) is 9.19. The van der Waals surface area contributed by atoms with Gasteiger partial charge in [-0.25, -0.2) is 0 Å². The summed E-state index contributed by atoms with van der Waals surface area (Å²) in [5.74, 6) is 0.141. The van der Waals surface area contributed by atoms with Crippen molar-refractivity contribution in [3.8, 4) is 5.75 Å². The van der Waals surface area contributed by atoms with E-state index in [1.54, 1.807) is 6.07 Å². The molecular formula is C27H41NO3. The zero-order chi connectivity index (χ0) is 22.5. The van der Waals surface area contributed by atoms with Gasteiger partial charge < -0.3 is 15.3 Å². The molecule has 0 spiro atoms. The summed E-state index contributed by atoms with van der Waals surface area (Å²) in [5, 5.41) is 30.0. The molecule has 4 heteroatoms. The van der Waals surface area contributed by atoms with Gasteiger partial charge in [-0.2, -0.15) is 0 Å². The van der Waals surface area contributed by atoms with Crippen LogP contribution in [0.2, 0.25) is 0 Å². The van der Waals surface area contributed by atoms with Gasteiger partial charge in [0.15, 0.2) is 0 Å². The molecular weight excluding hydrogens is 386 g/mol. The first kappa shape index (κ1) is 25.4. The van der Waals surface area contributed by atoms with Gasteiger partial charge in [0.2, 0.25) is 0 Å². The molecule has 0 fully saturated rings. The van der Waals surface area contributed by atoms with Crippen LogP contribution in [-0.2, 0) is 19.6 Å². The molecule has 0 saturated heterocycles. The molecule has 0 aliphatic rings. The van der Waals surface area contributed by atoms with Crippen LogP contribution < -0.4 is 0 Å². The third-order valence-corrected chi connectivity index (χ3v) is 6.16. The molecule has 0 bridgehead atoms. The number of rotatable bonds is 15. The van der Waals surface area contributed by atoms with Gasteiger partial charge in [0, 0.05) is 18.2 Å². The Kier molecular flexibility index (Phi) is 11.7. The van der Waals surface area contributed by atoms with Crippen LogP contribution in [0.5, 0.6) is 5.75 Å². The van der Waals surface area contributed by atoms with Crippen molar-refractivity contribution in [2.45, 2.75) is 90.0 Å². The molecule has 2 aromatic rings. The van der Waals surface area contributed by atoms with E-state index in [0.717, 1.165) is 44.2 Å². The minimum atomic E-state index is -0.280. The number of unbranched alkanes of at least 4 members (excludes halogenated alkanes) is 4. The van der Waals surface area contributed by atoms with E-state index >= 15 is 0 Å². The summed E-state index contributed by atoms with van der Waals surface area (Å²) >= 11 is 0. The predicted octanol–water partition coefficient (Wildman–Crippen LogP) is 5.43. The van der Waals surface area contributed by atoms with Gasteiger partial charge in [-0.1, -0.05) is 75.4 Å². The lowest BCUT2D eigenvalue weighted by Gasteiger charge is -2.30. The number of aryl methyl sites for hydroxylation is 1. The van der Waals surface area contributed by atoms with E-state index in [0.29, 0.717) is 5.56 Å². The molecule has 172 valence electrons. The summed E-state index contributed by atoms with van der Waals surface area (Å²) in [6.45, 7) is 2.92. The fraction of sp³-hybridized carbons (Fsp3) is 0.556. The van der Waals surface area contributed by atoms with Crippen LogP contribution in [-0.4, -0.2) is 39.4 Å². The van der Waals surface area contributed by atoms with Crippen molar-refractivity contribution in [2.75, 3.05) is 7.05 Å². The molecule has 0 aliphatic heterocycles. The molecule has 4 nitrogen and oxygen atoms in total. The fourth-order valence-corrected chi connectivity index (χ4v) is 4.19. The van der Waals surface area contributed by atoms with E-state index in [-0.39, 0.29) is 24.5 Å². The molecule has 0 saturated carbocycles. The monoisotopic (exact) mass is 427 g/mol. The zero-order valence-electron chi connectivity index (χ0n) is 19.3. The fourth-order valence-electron chi connectivity index (χ4n) is 4.19. The van der Waals surface area contributed by atoms with Gasteiger partial charge in [-0.05, 0) is 56.0 Å². The smallest absolute Gasteiger partial charge is 0.121 e. The Morgan fingerprint density at radius 3 is 2.35 bits per heavy atom. The molecule has 31 heavy (non-hydrogen) atoms. The van der Waals surface area contributed by atoms with Crippen molar-refractivity contribution in [3.63, 3.8) is 0 Å². The Bertz CT molecular complexity index is 735. The van der Waals surface area contributed by atoms with Crippen LogP contribution in [0.1, 0.15) is 75.0 Å². The van der Waals surface area contributed by atoms with Crippen molar-refractivity contribution < 1.29 is 15.3 Å². The van der Waals surface area contributed by atoms with Gasteiger partial charge in [0.05, 0.1) is 12.7 Å². The highest BCUT2D eigenvalue weighted by molar-refractivity contribution is 5.35. The molecule has 3 N–H and O–H groups in total. The SMILES string of the molecule is CCCCCCCC(O)CC(CCc1ccc(O)c(CO)c1)N(C)Cc1ccccc1. The highest BCUT2D eigenvalue weighted by Crippen LogP contribution is 2.22. The maximum absolute atomic E-state index is 10.7. The second-order valence-electron chi connectivity index (χ2n) is 8.81. The number of hydrogen-bond donors (Lipinski definition) is 3. The van der Waals surface area contributed by atoms with Gasteiger partial charge in [0.1, 0.15) is 5.75 Å². The molecule has 2 rings (SSSR count). The Morgan fingerprint density at radius 2 is 1.65 bits per heavy atom. The third kappa shape index (κ3) is 9.42. The van der Waals surface area contributed by atoms with Gasteiger partial charge >= 0.3 is 0 Å². The van der Waals surface area contributed by atoms with E-state index in [1.165, 1.54) is 31.2 Å². The highest BCUT2D eigenvalue weighted by Gasteiger charge is 2.19. The molecule has 0 aliphatic carbocycles. The summed E-state index contributed by atoms with van der Waals surface area (Å²) in [6, 6.07) is 16.2. The minimum Gasteiger partial charge on any atom is -0.508 e. The second-order valence-corrected chi connectivity index (χ2v) is 8.81. The second kappa shape index (κ2) is 14.2. The van der Waals surface area contributed by atoms with Crippen molar-refractivity contribution in [3.05, 3.63) is 65.2 Å². The van der Waals surface area contributed by atoms with E-state index < -0.39 is 0 Å². The summed E-state index contributed by atoms with van der Waals surface area (Å²) < 4.78 is 0. The lowest BCUT2D eigenvalue weighted by molar-refractivity contribution is 0.0979. The normalized spacial score (nSPS) is 13.5. The lowest BCUT2D eigenvalue weighted by Crippen LogP contribution is -2.35. The number of nitrogens with zero attached hydrogens (tertiary/aromatic N) is 1. The van der Waals surface area contributed by atoms with Crippen LogP contribution in [0.25, 0.3) is 0 Å². The van der Waals surface area contributed by atoms with Crippen molar-refractivity contribution >= 4 is 0 Å². The van der Waals surface area contributed by atoms with Crippen LogP contribution >= 0.6 is 0 Å². The number of aliphatic hydroxyl groups excluding tert-OH is 2. The zero-order valence-corrected chi connectivity index (χ0v) is 19.3. The van der Waals surface area contributed by atoms with Gasteiger partial charge in [0.25, 0.3) is 0 Å². The Labute approximate surface area is 188 Å². The standard InChI is InChI=1S/C27H41NO3/c1-3-4-5-6-10-13-26(30)19-25(28(2)20-23-11-8-7-9-12-23)16-14-22-15-17-27(31)24(18-22)21-29/h7-9,11-12,15,17-18,25-26,29-31H,3-6,10,13-14,16,19-21H2,1-2H3. The molecule has 0 radical (unpaired) electrons. The maximum Gasteiger partial charge on any atom is 0.121 e. The van der Waals surface area contributed by atoms with Gasteiger partial charge in [-0.3, -0.25) is 4.90 Å².